The Balaban J connectivity index is 1.69. The van der Waals surface area contributed by atoms with Gasteiger partial charge in [0.1, 0.15) is 5.82 Å². The molecule has 1 aliphatic carbocycles. The van der Waals surface area contributed by atoms with Gasteiger partial charge in [-0.05, 0) is 78.0 Å². The van der Waals surface area contributed by atoms with Crippen LogP contribution in [0, 0.1) is 34.9 Å². The van der Waals surface area contributed by atoms with Crippen LogP contribution in [-0.2, 0) is 19.3 Å². The number of rotatable bonds is 5. The number of hydrogen-bond donors (Lipinski definition) is 0. The molecule has 0 bridgehead atoms. The van der Waals surface area contributed by atoms with Crippen LogP contribution in [-0.4, -0.2) is 0 Å². The van der Waals surface area contributed by atoms with E-state index in [-0.39, 0.29) is 29.9 Å². The first-order valence-corrected chi connectivity index (χ1v) is 10.7. The Morgan fingerprint density at radius 2 is 1.44 bits per heavy atom. The lowest BCUT2D eigenvalue weighted by Crippen LogP contribution is -2.18. The molecule has 168 valence electrons. The molecule has 6 heteroatoms. The van der Waals surface area contributed by atoms with Crippen molar-refractivity contribution in [1.29, 1.82) is 0 Å². The van der Waals surface area contributed by atoms with Gasteiger partial charge in [-0.3, -0.25) is 0 Å². The summed E-state index contributed by atoms with van der Waals surface area (Å²) in [6.07, 6.45) is 3.95. The minimum absolute atomic E-state index is 0.000132. The Morgan fingerprint density at radius 3 is 2.06 bits per heavy atom. The highest BCUT2D eigenvalue weighted by Gasteiger charge is 2.31. The van der Waals surface area contributed by atoms with E-state index in [4.69, 9.17) is 0 Å². The van der Waals surface area contributed by atoms with E-state index in [0.29, 0.717) is 18.6 Å². The molecular formula is C26H22F6. The molecule has 0 saturated carbocycles. The molecule has 0 saturated heterocycles. The average molecular weight is 448 g/mol. The first-order valence-electron chi connectivity index (χ1n) is 10.7. The van der Waals surface area contributed by atoms with Crippen molar-refractivity contribution >= 4 is 0 Å². The van der Waals surface area contributed by atoms with Gasteiger partial charge in [-0.25, -0.2) is 26.3 Å². The Hall–Kier alpha value is -2.76. The Labute approximate surface area is 182 Å². The highest BCUT2D eigenvalue weighted by molar-refractivity contribution is 5.67. The molecule has 0 radical (unpaired) electrons. The van der Waals surface area contributed by atoms with Crippen molar-refractivity contribution in [1.82, 2.24) is 0 Å². The molecule has 1 atom stereocenters. The monoisotopic (exact) mass is 448 g/mol. The third-order valence-electron chi connectivity index (χ3n) is 6.26. The molecular weight excluding hydrogens is 426 g/mol. The van der Waals surface area contributed by atoms with Crippen molar-refractivity contribution in [2.75, 3.05) is 0 Å². The van der Waals surface area contributed by atoms with Crippen LogP contribution >= 0.6 is 0 Å². The molecule has 1 aliphatic rings. The lowest BCUT2D eigenvalue weighted by molar-refractivity contribution is 0.445. The van der Waals surface area contributed by atoms with Crippen LogP contribution in [0.4, 0.5) is 26.3 Å². The first-order chi connectivity index (χ1) is 15.3. The molecule has 0 aliphatic heterocycles. The summed E-state index contributed by atoms with van der Waals surface area (Å²) < 4.78 is 85.5. The number of benzene rings is 3. The Kier molecular flexibility index (Phi) is 6.31. The maximum absolute atomic E-state index is 15.2. The maximum Gasteiger partial charge on any atom is 0.194 e. The van der Waals surface area contributed by atoms with Crippen molar-refractivity contribution in [2.45, 2.75) is 51.4 Å². The van der Waals surface area contributed by atoms with Crippen molar-refractivity contribution in [3.05, 3.63) is 93.6 Å². The van der Waals surface area contributed by atoms with Gasteiger partial charge < -0.3 is 0 Å². The van der Waals surface area contributed by atoms with E-state index in [9.17, 15) is 22.0 Å². The van der Waals surface area contributed by atoms with E-state index in [2.05, 4.69) is 6.92 Å². The zero-order valence-corrected chi connectivity index (χ0v) is 17.6. The SMILES string of the molecule is CCCCc1ccc(C2CCc3c(F)c(-c4cc(F)c(F)c(F)c4)c(F)c(F)c3C2)cc1. The summed E-state index contributed by atoms with van der Waals surface area (Å²) in [5, 5.41) is 0. The van der Waals surface area contributed by atoms with Gasteiger partial charge in [0.15, 0.2) is 29.1 Å². The van der Waals surface area contributed by atoms with Gasteiger partial charge in [-0.2, -0.15) is 0 Å². The minimum Gasteiger partial charge on any atom is -0.206 e. The normalized spacial score (nSPS) is 15.7. The van der Waals surface area contributed by atoms with Crippen LogP contribution in [0.5, 0.6) is 0 Å². The van der Waals surface area contributed by atoms with E-state index in [0.717, 1.165) is 24.8 Å². The van der Waals surface area contributed by atoms with Crippen LogP contribution in [0.3, 0.4) is 0 Å². The Morgan fingerprint density at radius 1 is 0.781 bits per heavy atom. The van der Waals surface area contributed by atoms with Crippen LogP contribution in [0.15, 0.2) is 36.4 Å². The lowest BCUT2D eigenvalue weighted by Gasteiger charge is -2.27. The molecule has 0 amide bonds. The highest BCUT2D eigenvalue weighted by atomic mass is 19.2. The average Bonchev–Trinajstić information content (AvgIpc) is 2.79. The number of halogens is 6. The van der Waals surface area contributed by atoms with Crippen LogP contribution in [0.1, 0.15) is 54.4 Å². The van der Waals surface area contributed by atoms with E-state index < -0.39 is 46.0 Å². The lowest BCUT2D eigenvalue weighted by atomic mass is 9.78. The predicted molar refractivity (Wildman–Crippen MR) is 111 cm³/mol. The summed E-state index contributed by atoms with van der Waals surface area (Å²) in [4.78, 5) is 0. The highest BCUT2D eigenvalue weighted by Crippen LogP contribution is 2.40. The summed E-state index contributed by atoms with van der Waals surface area (Å²) in [6.45, 7) is 2.12. The standard InChI is InChI=1S/C26H22F6/c1-2-3-4-14-5-7-15(8-6-14)16-9-10-18-19(11-16)24(30)26(32)22(23(18)29)17-12-20(27)25(31)21(28)13-17/h5-8,12-13,16H,2-4,9-11H2,1H3. The van der Waals surface area contributed by atoms with Gasteiger partial charge >= 0.3 is 0 Å². The summed E-state index contributed by atoms with van der Waals surface area (Å²) in [7, 11) is 0. The molecule has 1 unspecified atom stereocenters. The summed E-state index contributed by atoms with van der Waals surface area (Å²) in [5.74, 6) is -8.86. The van der Waals surface area contributed by atoms with Crippen molar-refractivity contribution in [3.63, 3.8) is 0 Å². The second kappa shape index (κ2) is 9.00. The molecule has 0 fully saturated rings. The molecule has 3 aromatic carbocycles. The molecule has 0 heterocycles. The van der Waals surface area contributed by atoms with Crippen molar-refractivity contribution in [3.8, 4) is 11.1 Å². The molecule has 0 N–H and O–H groups in total. The number of fused-ring (bicyclic) bond motifs is 1. The second-order valence-corrected chi connectivity index (χ2v) is 8.31. The quantitative estimate of drug-likeness (QED) is 0.212. The summed E-state index contributed by atoms with van der Waals surface area (Å²) >= 11 is 0. The molecule has 0 aromatic heterocycles. The van der Waals surface area contributed by atoms with Gasteiger partial charge in [0, 0.05) is 0 Å². The molecule has 4 rings (SSSR count). The van der Waals surface area contributed by atoms with Crippen molar-refractivity contribution in [2.24, 2.45) is 0 Å². The fourth-order valence-electron chi connectivity index (χ4n) is 4.47. The van der Waals surface area contributed by atoms with Crippen LogP contribution in [0.25, 0.3) is 11.1 Å². The first kappa shape index (κ1) is 22.4. The molecule has 0 spiro atoms. The molecule has 0 nitrogen and oxygen atoms in total. The van der Waals surface area contributed by atoms with E-state index >= 15 is 4.39 Å². The zero-order valence-electron chi connectivity index (χ0n) is 17.6. The third kappa shape index (κ3) is 4.03. The van der Waals surface area contributed by atoms with Gasteiger partial charge in [-0.15, -0.1) is 0 Å². The second-order valence-electron chi connectivity index (χ2n) is 8.31. The number of aryl methyl sites for hydroxylation is 1. The fraction of sp³-hybridized carbons (Fsp3) is 0.308. The van der Waals surface area contributed by atoms with Gasteiger partial charge in [0.05, 0.1) is 5.56 Å². The number of unbranched alkanes of at least 4 members (excludes halogenated alkanes) is 1. The van der Waals surface area contributed by atoms with Gasteiger partial charge in [0.2, 0.25) is 0 Å². The summed E-state index contributed by atoms with van der Waals surface area (Å²) in [6, 6.07) is 8.94. The predicted octanol–water partition coefficient (Wildman–Crippen LogP) is 7.80. The molecule has 32 heavy (non-hydrogen) atoms. The topological polar surface area (TPSA) is 0 Å². The zero-order chi connectivity index (χ0) is 23.0. The minimum atomic E-state index is -1.75. The molecule has 3 aromatic rings. The Bertz CT molecular complexity index is 1130. The van der Waals surface area contributed by atoms with Gasteiger partial charge in [-0.1, -0.05) is 37.6 Å². The van der Waals surface area contributed by atoms with Crippen LogP contribution in [0.2, 0.25) is 0 Å². The maximum atomic E-state index is 15.2. The number of hydrogen-bond acceptors (Lipinski definition) is 0. The smallest absolute Gasteiger partial charge is 0.194 e. The third-order valence-corrected chi connectivity index (χ3v) is 6.26. The summed E-state index contributed by atoms with van der Waals surface area (Å²) in [5.41, 5.74) is 0.667. The van der Waals surface area contributed by atoms with Gasteiger partial charge in [0.25, 0.3) is 0 Å². The van der Waals surface area contributed by atoms with Crippen molar-refractivity contribution < 1.29 is 26.3 Å². The fourth-order valence-corrected chi connectivity index (χ4v) is 4.47. The van der Waals surface area contributed by atoms with Crippen LogP contribution < -0.4 is 0 Å². The van der Waals surface area contributed by atoms with E-state index in [1.807, 2.05) is 24.3 Å². The largest absolute Gasteiger partial charge is 0.206 e. The van der Waals surface area contributed by atoms with E-state index in [1.165, 1.54) is 5.56 Å². The van der Waals surface area contributed by atoms with E-state index in [1.54, 1.807) is 0 Å².